The zero-order valence-corrected chi connectivity index (χ0v) is 20.5. The Morgan fingerprint density at radius 3 is 2.70 bits per heavy atom. The molecule has 0 aliphatic rings. The van der Waals surface area contributed by atoms with Crippen LogP contribution in [0.15, 0.2) is 41.2 Å². The fourth-order valence-corrected chi connectivity index (χ4v) is 5.18. The molecule has 0 atom stereocenters. The summed E-state index contributed by atoms with van der Waals surface area (Å²) in [5.74, 6) is 0.584. The summed E-state index contributed by atoms with van der Waals surface area (Å²) >= 11 is 1.66. The van der Waals surface area contributed by atoms with Crippen LogP contribution in [0.5, 0.6) is 0 Å². The molecule has 0 radical (unpaired) electrons. The van der Waals surface area contributed by atoms with Crippen molar-refractivity contribution in [3.8, 4) is 0 Å². The Morgan fingerprint density at radius 1 is 1.15 bits per heavy atom. The zero-order valence-electron chi connectivity index (χ0n) is 19.7. The Bertz CT molecular complexity index is 1350. The molecule has 0 saturated heterocycles. The summed E-state index contributed by atoms with van der Waals surface area (Å²) < 4.78 is 4.29. The lowest BCUT2D eigenvalue weighted by Crippen LogP contribution is -2.36. The van der Waals surface area contributed by atoms with Crippen LogP contribution in [0.3, 0.4) is 0 Å². The van der Waals surface area contributed by atoms with Crippen LogP contribution in [0.25, 0.3) is 15.7 Å². The third kappa shape index (κ3) is 4.80. The molecule has 33 heavy (non-hydrogen) atoms. The molecule has 0 spiro atoms. The quantitative estimate of drug-likeness (QED) is 0.380. The van der Waals surface area contributed by atoms with Gasteiger partial charge in [-0.3, -0.25) is 14.0 Å². The molecule has 3 heterocycles. The van der Waals surface area contributed by atoms with Crippen LogP contribution in [0.4, 0.5) is 5.69 Å². The number of rotatable bonds is 9. The van der Waals surface area contributed by atoms with Crippen molar-refractivity contribution in [3.05, 3.63) is 63.0 Å². The molecule has 1 amide bonds. The topological polar surface area (TPSA) is 71.6 Å². The summed E-state index contributed by atoms with van der Waals surface area (Å²) in [6.45, 7) is 10.5. The van der Waals surface area contributed by atoms with Crippen molar-refractivity contribution in [3.63, 3.8) is 0 Å². The Balaban J connectivity index is 1.40. The lowest BCUT2D eigenvalue weighted by atomic mass is 10.2. The van der Waals surface area contributed by atoms with Crippen molar-refractivity contribution in [2.75, 3.05) is 24.5 Å². The molecule has 1 N–H and O–H groups in total. The second kappa shape index (κ2) is 9.79. The minimum atomic E-state index is -0.236. The summed E-state index contributed by atoms with van der Waals surface area (Å²) in [4.78, 5) is 29.1. The van der Waals surface area contributed by atoms with Gasteiger partial charge in [-0.2, -0.15) is 5.10 Å². The molecule has 0 unspecified atom stereocenters. The van der Waals surface area contributed by atoms with Crippen LogP contribution >= 0.6 is 11.3 Å². The number of carbonyl (C=O) groups excluding carboxylic acids is 1. The largest absolute Gasteiger partial charge is 0.372 e. The van der Waals surface area contributed by atoms with Crippen LogP contribution < -0.4 is 15.8 Å². The molecule has 7 nitrogen and oxygen atoms in total. The molecule has 4 aromatic rings. The second-order valence-corrected chi connectivity index (χ2v) is 9.61. The van der Waals surface area contributed by atoms with Crippen molar-refractivity contribution in [1.82, 2.24) is 19.5 Å². The summed E-state index contributed by atoms with van der Waals surface area (Å²) in [6, 6.07) is 12.4. The van der Waals surface area contributed by atoms with E-state index in [0.717, 1.165) is 35.6 Å². The summed E-state index contributed by atoms with van der Waals surface area (Å²) in [5.41, 5.74) is 3.79. The number of fused-ring (bicyclic) bond motifs is 3. The average molecular weight is 466 g/mol. The van der Waals surface area contributed by atoms with E-state index in [-0.39, 0.29) is 18.0 Å². The fourth-order valence-electron chi connectivity index (χ4n) is 4.23. The number of carbonyl (C=O) groups is 1. The number of thiophene rings is 1. The van der Waals surface area contributed by atoms with Crippen molar-refractivity contribution in [2.24, 2.45) is 0 Å². The number of benzene rings is 1. The first-order valence-corrected chi connectivity index (χ1v) is 12.3. The van der Waals surface area contributed by atoms with Gasteiger partial charge in [0.2, 0.25) is 5.91 Å². The van der Waals surface area contributed by atoms with Gasteiger partial charge in [0, 0.05) is 36.6 Å². The average Bonchev–Trinajstić information content (AvgIpc) is 3.32. The van der Waals surface area contributed by atoms with E-state index in [4.69, 9.17) is 0 Å². The second-order valence-electron chi connectivity index (χ2n) is 8.33. The van der Waals surface area contributed by atoms with Gasteiger partial charge in [0.1, 0.15) is 17.9 Å². The van der Waals surface area contributed by atoms with Gasteiger partial charge in [-0.1, -0.05) is 19.1 Å². The number of aromatic nitrogens is 3. The van der Waals surface area contributed by atoms with Crippen molar-refractivity contribution in [2.45, 2.75) is 47.1 Å². The highest BCUT2D eigenvalue weighted by molar-refractivity contribution is 7.19. The van der Waals surface area contributed by atoms with Crippen LogP contribution in [0, 0.1) is 13.8 Å². The van der Waals surface area contributed by atoms with E-state index < -0.39 is 0 Å². The van der Waals surface area contributed by atoms with Crippen LogP contribution in [-0.4, -0.2) is 39.7 Å². The number of hydrogen-bond acceptors (Lipinski definition) is 5. The molecule has 1 aromatic carbocycles. The Hall–Kier alpha value is -3.13. The lowest BCUT2D eigenvalue weighted by molar-refractivity contribution is -0.121. The van der Waals surface area contributed by atoms with E-state index in [9.17, 15) is 9.59 Å². The first-order chi connectivity index (χ1) is 15.9. The SMILES string of the molecule is CCc1nn(CC(=O)NCCCN(CC)c2cccc(C)c2)c(=O)c2cc3sc(C)cc3n12. The van der Waals surface area contributed by atoms with E-state index in [2.05, 4.69) is 66.4 Å². The molecule has 4 rings (SSSR count). The molecular formula is C25H31N5O2S. The highest BCUT2D eigenvalue weighted by atomic mass is 32.1. The van der Waals surface area contributed by atoms with E-state index in [0.29, 0.717) is 18.5 Å². The molecule has 0 saturated carbocycles. The standard InChI is InChI=1S/C25H31N5O2S/c1-5-23-27-29(25(32)21-15-22-20(30(21)23)14-18(4)33-22)16-24(31)26-11-8-12-28(6-2)19-10-7-9-17(3)13-19/h7,9-10,13-15H,5-6,8,11-12,16H2,1-4H3,(H,26,31). The number of anilines is 1. The van der Waals surface area contributed by atoms with Crippen molar-refractivity contribution in [1.29, 1.82) is 0 Å². The first kappa shape index (κ1) is 23.0. The lowest BCUT2D eigenvalue weighted by Gasteiger charge is -2.23. The van der Waals surface area contributed by atoms with Gasteiger partial charge in [-0.05, 0) is 57.0 Å². The Morgan fingerprint density at radius 2 is 1.97 bits per heavy atom. The number of nitrogens with zero attached hydrogens (tertiary/aromatic N) is 4. The maximum atomic E-state index is 13.0. The molecule has 0 fully saturated rings. The van der Waals surface area contributed by atoms with Gasteiger partial charge < -0.3 is 10.2 Å². The zero-order chi connectivity index (χ0) is 23.5. The number of hydrogen-bond donors (Lipinski definition) is 1. The molecule has 0 bridgehead atoms. The predicted molar refractivity (Wildman–Crippen MR) is 136 cm³/mol. The third-order valence-electron chi connectivity index (χ3n) is 5.85. The van der Waals surface area contributed by atoms with E-state index in [1.165, 1.54) is 20.8 Å². The van der Waals surface area contributed by atoms with E-state index in [1.54, 1.807) is 11.3 Å². The van der Waals surface area contributed by atoms with Gasteiger partial charge in [0.25, 0.3) is 5.56 Å². The minimum absolute atomic E-state index is 0.0738. The van der Waals surface area contributed by atoms with Crippen LogP contribution in [0.1, 0.15) is 36.5 Å². The molecule has 8 heteroatoms. The first-order valence-electron chi connectivity index (χ1n) is 11.5. The van der Waals surface area contributed by atoms with Gasteiger partial charge in [-0.25, -0.2) is 4.68 Å². The van der Waals surface area contributed by atoms with Crippen LogP contribution in [0.2, 0.25) is 0 Å². The van der Waals surface area contributed by atoms with Gasteiger partial charge in [0.15, 0.2) is 0 Å². The Kier molecular flexibility index (Phi) is 6.83. The number of amides is 1. The smallest absolute Gasteiger partial charge is 0.291 e. The third-order valence-corrected chi connectivity index (χ3v) is 6.83. The molecular weight excluding hydrogens is 434 g/mol. The molecule has 174 valence electrons. The van der Waals surface area contributed by atoms with Crippen molar-refractivity contribution >= 4 is 38.7 Å². The molecule has 0 aliphatic carbocycles. The number of nitrogens with one attached hydrogen (secondary N) is 1. The predicted octanol–water partition coefficient (Wildman–Crippen LogP) is 3.92. The van der Waals surface area contributed by atoms with Gasteiger partial charge in [0.05, 0.1) is 10.2 Å². The summed E-state index contributed by atoms with van der Waals surface area (Å²) in [6.07, 6.45) is 1.49. The summed E-state index contributed by atoms with van der Waals surface area (Å²) in [5, 5.41) is 7.46. The Labute approximate surface area is 197 Å². The maximum Gasteiger partial charge on any atom is 0.291 e. The highest BCUT2D eigenvalue weighted by Crippen LogP contribution is 2.28. The normalized spacial score (nSPS) is 11.4. The monoisotopic (exact) mass is 465 g/mol. The van der Waals surface area contributed by atoms with Gasteiger partial charge >= 0.3 is 0 Å². The fraction of sp³-hybridized carbons (Fsp3) is 0.400. The molecule has 3 aromatic heterocycles. The maximum absolute atomic E-state index is 13.0. The van der Waals surface area contributed by atoms with E-state index >= 15 is 0 Å². The summed E-state index contributed by atoms with van der Waals surface area (Å²) in [7, 11) is 0. The van der Waals surface area contributed by atoms with E-state index in [1.807, 2.05) is 17.4 Å². The van der Waals surface area contributed by atoms with Crippen molar-refractivity contribution < 1.29 is 4.79 Å². The minimum Gasteiger partial charge on any atom is -0.372 e. The van der Waals surface area contributed by atoms with Gasteiger partial charge in [-0.15, -0.1) is 11.3 Å². The highest BCUT2D eigenvalue weighted by Gasteiger charge is 2.16. The molecule has 0 aliphatic heterocycles. The van der Waals surface area contributed by atoms with Crippen LogP contribution in [-0.2, 0) is 17.8 Å². The number of aryl methyl sites for hydroxylation is 3.